The molecule has 0 amide bonds. The zero-order valence-electron chi connectivity index (χ0n) is 10.4. The summed E-state index contributed by atoms with van der Waals surface area (Å²) in [4.78, 5) is 0. The summed E-state index contributed by atoms with van der Waals surface area (Å²) in [5, 5.41) is 4.40. The van der Waals surface area contributed by atoms with E-state index < -0.39 is 0 Å². The summed E-state index contributed by atoms with van der Waals surface area (Å²) in [6, 6.07) is 6.46. The van der Waals surface area contributed by atoms with Crippen LogP contribution in [0, 0.1) is 5.41 Å². The number of nitrogens with one attached hydrogen (secondary N) is 1. The predicted octanol–water partition coefficient (Wildman–Crippen LogP) is 5.48. The minimum atomic E-state index is 0.459. The Balaban J connectivity index is 2.07. The van der Waals surface area contributed by atoms with Crippen molar-refractivity contribution < 1.29 is 0 Å². The maximum absolute atomic E-state index is 6.03. The summed E-state index contributed by atoms with van der Waals surface area (Å²) >= 11 is 9.59. The number of rotatable bonds is 2. The minimum absolute atomic E-state index is 0.459. The van der Waals surface area contributed by atoms with Crippen LogP contribution >= 0.6 is 27.5 Å². The van der Waals surface area contributed by atoms with Gasteiger partial charge in [-0.15, -0.1) is 0 Å². The van der Waals surface area contributed by atoms with Crippen molar-refractivity contribution in [3.05, 3.63) is 27.7 Å². The highest BCUT2D eigenvalue weighted by atomic mass is 79.9. The van der Waals surface area contributed by atoms with Crippen LogP contribution in [0.1, 0.15) is 39.5 Å². The molecule has 0 saturated heterocycles. The van der Waals surface area contributed by atoms with Crippen molar-refractivity contribution in [2.24, 2.45) is 5.41 Å². The predicted molar refractivity (Wildman–Crippen MR) is 78.8 cm³/mol. The molecule has 0 heterocycles. The SMILES string of the molecule is CC1(C)CCCC(Nc2cc(Cl)ccc2Br)C1. The lowest BCUT2D eigenvalue weighted by atomic mass is 9.75. The Hall–Kier alpha value is -0.210. The van der Waals surface area contributed by atoms with Crippen molar-refractivity contribution in [2.75, 3.05) is 5.32 Å². The average molecular weight is 317 g/mol. The highest BCUT2D eigenvalue weighted by molar-refractivity contribution is 9.10. The van der Waals surface area contributed by atoms with Crippen molar-refractivity contribution >= 4 is 33.2 Å². The lowest BCUT2D eigenvalue weighted by Gasteiger charge is -2.36. The second kappa shape index (κ2) is 5.19. The summed E-state index contributed by atoms with van der Waals surface area (Å²) in [6.07, 6.45) is 5.12. The smallest absolute Gasteiger partial charge is 0.0501 e. The molecule has 1 unspecified atom stereocenters. The van der Waals surface area contributed by atoms with Crippen molar-refractivity contribution in [1.82, 2.24) is 0 Å². The Labute approximate surface area is 117 Å². The standard InChI is InChI=1S/C14H19BrClN/c1-14(2)7-3-4-11(9-14)17-13-8-10(16)5-6-12(13)15/h5-6,8,11,17H,3-4,7,9H2,1-2H3. The van der Waals surface area contributed by atoms with Gasteiger partial charge in [0.15, 0.2) is 0 Å². The van der Waals surface area contributed by atoms with E-state index in [1.165, 1.54) is 25.7 Å². The van der Waals surface area contributed by atoms with Gasteiger partial charge in [0.25, 0.3) is 0 Å². The van der Waals surface area contributed by atoms with Gasteiger partial charge in [0, 0.05) is 15.5 Å². The second-order valence-electron chi connectivity index (χ2n) is 5.73. The van der Waals surface area contributed by atoms with Gasteiger partial charge >= 0.3 is 0 Å². The molecule has 0 radical (unpaired) electrons. The molecule has 1 aromatic carbocycles. The third-order valence-electron chi connectivity index (χ3n) is 3.49. The Morgan fingerprint density at radius 3 is 2.88 bits per heavy atom. The fourth-order valence-electron chi connectivity index (χ4n) is 2.65. The monoisotopic (exact) mass is 315 g/mol. The molecule has 1 fully saturated rings. The second-order valence-corrected chi connectivity index (χ2v) is 7.02. The molecule has 1 aliphatic carbocycles. The van der Waals surface area contributed by atoms with Crippen LogP contribution in [-0.4, -0.2) is 6.04 Å². The molecule has 1 atom stereocenters. The quantitative estimate of drug-likeness (QED) is 0.761. The fraction of sp³-hybridized carbons (Fsp3) is 0.571. The molecule has 3 heteroatoms. The van der Waals surface area contributed by atoms with E-state index in [9.17, 15) is 0 Å². The molecule has 1 nitrogen and oxygen atoms in total. The largest absolute Gasteiger partial charge is 0.381 e. The molecular formula is C14H19BrClN. The number of hydrogen-bond donors (Lipinski definition) is 1. The van der Waals surface area contributed by atoms with Crippen molar-refractivity contribution in [2.45, 2.75) is 45.6 Å². The van der Waals surface area contributed by atoms with Crippen molar-refractivity contribution in [1.29, 1.82) is 0 Å². The summed E-state index contributed by atoms with van der Waals surface area (Å²) in [5.41, 5.74) is 1.57. The van der Waals surface area contributed by atoms with E-state index in [0.717, 1.165) is 15.2 Å². The van der Waals surface area contributed by atoms with Gasteiger partial charge in [-0.25, -0.2) is 0 Å². The zero-order chi connectivity index (χ0) is 12.5. The van der Waals surface area contributed by atoms with Crippen LogP contribution in [-0.2, 0) is 0 Å². The third kappa shape index (κ3) is 3.62. The normalized spacial score (nSPS) is 23.4. The summed E-state index contributed by atoms with van der Waals surface area (Å²) in [7, 11) is 0. The molecule has 1 aromatic rings. The van der Waals surface area contributed by atoms with Gasteiger partial charge in [-0.1, -0.05) is 31.9 Å². The van der Waals surface area contributed by atoms with Crippen molar-refractivity contribution in [3.63, 3.8) is 0 Å². The van der Waals surface area contributed by atoms with Gasteiger partial charge < -0.3 is 5.32 Å². The van der Waals surface area contributed by atoms with Crippen LogP contribution in [0.3, 0.4) is 0 Å². The number of benzene rings is 1. The van der Waals surface area contributed by atoms with E-state index in [-0.39, 0.29) is 0 Å². The molecule has 0 aliphatic heterocycles. The highest BCUT2D eigenvalue weighted by Gasteiger charge is 2.27. The van der Waals surface area contributed by atoms with E-state index in [1.807, 2.05) is 18.2 Å². The third-order valence-corrected chi connectivity index (χ3v) is 4.42. The molecular weight excluding hydrogens is 298 g/mol. The molecule has 1 N–H and O–H groups in total. The maximum atomic E-state index is 6.03. The summed E-state index contributed by atoms with van der Waals surface area (Å²) in [5.74, 6) is 0. The van der Waals surface area contributed by atoms with Crippen LogP contribution in [0.2, 0.25) is 5.02 Å². The van der Waals surface area contributed by atoms with E-state index in [2.05, 4.69) is 35.1 Å². The van der Waals surface area contributed by atoms with Gasteiger partial charge in [-0.3, -0.25) is 0 Å². The molecule has 94 valence electrons. The Morgan fingerprint density at radius 1 is 1.41 bits per heavy atom. The van der Waals surface area contributed by atoms with Crippen LogP contribution in [0.5, 0.6) is 0 Å². The van der Waals surface area contributed by atoms with E-state index in [4.69, 9.17) is 11.6 Å². The first-order chi connectivity index (χ1) is 7.96. The summed E-state index contributed by atoms with van der Waals surface area (Å²) < 4.78 is 1.09. The lowest BCUT2D eigenvalue weighted by molar-refractivity contribution is 0.229. The molecule has 0 aromatic heterocycles. The summed E-state index contributed by atoms with van der Waals surface area (Å²) in [6.45, 7) is 4.71. The lowest BCUT2D eigenvalue weighted by Crippen LogP contribution is -2.31. The number of halogens is 2. The molecule has 0 spiro atoms. The first-order valence-electron chi connectivity index (χ1n) is 6.18. The van der Waals surface area contributed by atoms with Gasteiger partial charge in [0.05, 0.1) is 5.69 Å². The fourth-order valence-corrected chi connectivity index (χ4v) is 3.18. The van der Waals surface area contributed by atoms with E-state index in [0.29, 0.717) is 11.5 Å². The Kier molecular flexibility index (Phi) is 4.04. The molecule has 2 rings (SSSR count). The Morgan fingerprint density at radius 2 is 2.18 bits per heavy atom. The molecule has 0 bridgehead atoms. The first kappa shape index (κ1) is 13.2. The van der Waals surface area contributed by atoms with Crippen LogP contribution < -0.4 is 5.32 Å². The first-order valence-corrected chi connectivity index (χ1v) is 7.35. The van der Waals surface area contributed by atoms with Gasteiger partial charge in [0.1, 0.15) is 0 Å². The van der Waals surface area contributed by atoms with Gasteiger partial charge in [-0.2, -0.15) is 0 Å². The van der Waals surface area contributed by atoms with E-state index in [1.54, 1.807) is 0 Å². The topological polar surface area (TPSA) is 12.0 Å². The number of anilines is 1. The van der Waals surface area contributed by atoms with Crippen LogP contribution in [0.25, 0.3) is 0 Å². The zero-order valence-corrected chi connectivity index (χ0v) is 12.7. The van der Waals surface area contributed by atoms with Gasteiger partial charge in [0.2, 0.25) is 0 Å². The van der Waals surface area contributed by atoms with Crippen LogP contribution in [0.4, 0.5) is 5.69 Å². The van der Waals surface area contributed by atoms with Crippen LogP contribution in [0.15, 0.2) is 22.7 Å². The molecule has 1 aliphatic rings. The Bertz CT molecular complexity index is 403. The molecule has 1 saturated carbocycles. The van der Waals surface area contributed by atoms with Crippen molar-refractivity contribution in [3.8, 4) is 0 Å². The highest BCUT2D eigenvalue weighted by Crippen LogP contribution is 2.37. The average Bonchev–Trinajstić information content (AvgIpc) is 2.22. The van der Waals surface area contributed by atoms with E-state index >= 15 is 0 Å². The minimum Gasteiger partial charge on any atom is -0.381 e. The van der Waals surface area contributed by atoms with Gasteiger partial charge in [-0.05, 0) is 58.8 Å². The maximum Gasteiger partial charge on any atom is 0.0501 e. The number of hydrogen-bond acceptors (Lipinski definition) is 1. The molecule has 17 heavy (non-hydrogen) atoms.